The number of likely N-dealkylation sites (N-methyl/N-ethyl adjacent to an activating group) is 1. The zero-order chi connectivity index (χ0) is 30.6. The molecule has 1 aromatic rings. The minimum Gasteiger partial charge on any atom is -0.341 e. The summed E-state index contributed by atoms with van der Waals surface area (Å²) in [5, 5.41) is 13.6. The first-order valence-corrected chi connectivity index (χ1v) is 12.5. The van der Waals surface area contributed by atoms with Crippen LogP contribution in [-0.4, -0.2) is 83.2 Å². The number of carbonyl (C=O) groups excluding carboxylic acids is 4. The van der Waals surface area contributed by atoms with E-state index in [4.69, 9.17) is 0 Å². The molecule has 0 aromatic heterocycles. The van der Waals surface area contributed by atoms with Crippen LogP contribution < -0.4 is 10.6 Å². The van der Waals surface area contributed by atoms with E-state index >= 15 is 0 Å². The molecule has 3 unspecified atom stereocenters. The number of hydrogen-bond acceptors (Lipinski definition) is 5. The van der Waals surface area contributed by atoms with Crippen LogP contribution in [-0.2, 0) is 19.2 Å². The Bertz CT molecular complexity index is 1140. The quantitative estimate of drug-likeness (QED) is 0.486. The van der Waals surface area contributed by atoms with Crippen molar-refractivity contribution in [1.82, 2.24) is 15.1 Å². The second-order valence-corrected chi connectivity index (χ2v) is 10.4. The van der Waals surface area contributed by atoms with Gasteiger partial charge in [-0.1, -0.05) is 39.0 Å². The van der Waals surface area contributed by atoms with Crippen LogP contribution in [0.15, 0.2) is 30.3 Å². The summed E-state index contributed by atoms with van der Waals surface area (Å²) >= 11 is 0. The number of halogens is 5. The maximum atomic E-state index is 13.8. The third-order valence-corrected chi connectivity index (χ3v) is 6.16. The lowest BCUT2D eigenvalue weighted by Crippen LogP contribution is -2.52. The molecule has 1 aliphatic carbocycles. The number of anilines is 1. The number of hydrogen-bond donors (Lipinski definition) is 2. The fraction of sp³-hybridized carbons (Fsp3) is 0.577. The molecule has 2 fully saturated rings. The van der Waals surface area contributed by atoms with Gasteiger partial charge in [-0.3, -0.25) is 19.2 Å². The minimum absolute atomic E-state index is 0.0477. The average molecular weight is 574 g/mol. The number of amides is 4. The Labute approximate surface area is 228 Å². The molecule has 4 amide bonds. The van der Waals surface area contributed by atoms with Crippen LogP contribution in [0.4, 0.5) is 27.6 Å². The number of para-hydroxylation sites is 1. The largest absolute Gasteiger partial charge is 0.362 e. The molecule has 2 N–H and O–H groups in total. The summed E-state index contributed by atoms with van der Waals surface area (Å²) in [6, 6.07) is 7.74. The summed E-state index contributed by atoms with van der Waals surface area (Å²) in [5.74, 6) is -14.8. The van der Waals surface area contributed by atoms with Crippen LogP contribution in [0.5, 0.6) is 0 Å². The van der Waals surface area contributed by atoms with Crippen molar-refractivity contribution in [1.29, 1.82) is 5.26 Å². The topological polar surface area (TPSA) is 123 Å². The molecule has 3 atom stereocenters. The van der Waals surface area contributed by atoms with Crippen molar-refractivity contribution in [3.63, 3.8) is 0 Å². The normalized spacial score (nSPS) is 22.2. The smallest absolute Gasteiger partial charge is 0.341 e. The summed E-state index contributed by atoms with van der Waals surface area (Å²) < 4.78 is 66.1. The van der Waals surface area contributed by atoms with Gasteiger partial charge in [-0.2, -0.15) is 22.8 Å². The second-order valence-electron chi connectivity index (χ2n) is 10.4. The maximum absolute atomic E-state index is 13.8. The number of likely N-dealkylation sites (tertiary alicyclic amines) is 1. The van der Waals surface area contributed by atoms with Gasteiger partial charge in [0.05, 0.1) is 18.5 Å². The van der Waals surface area contributed by atoms with Crippen LogP contribution in [0.2, 0.25) is 0 Å². The first kappa shape index (κ1) is 32.5. The van der Waals surface area contributed by atoms with Crippen molar-refractivity contribution in [2.75, 3.05) is 25.5 Å². The van der Waals surface area contributed by atoms with Gasteiger partial charge < -0.3 is 20.4 Å². The molecule has 2 aliphatic rings. The van der Waals surface area contributed by atoms with E-state index in [9.17, 15) is 46.4 Å². The van der Waals surface area contributed by atoms with Crippen molar-refractivity contribution in [3.8, 4) is 6.07 Å². The van der Waals surface area contributed by atoms with Gasteiger partial charge in [0, 0.05) is 19.3 Å². The van der Waals surface area contributed by atoms with Crippen molar-refractivity contribution in [3.05, 3.63) is 30.3 Å². The highest BCUT2D eigenvalue weighted by Crippen LogP contribution is 2.68. The van der Waals surface area contributed by atoms with Gasteiger partial charge in [0.2, 0.25) is 17.7 Å². The molecule has 1 saturated heterocycles. The molecule has 1 saturated carbocycles. The highest BCUT2D eigenvalue weighted by molar-refractivity contribution is 5.97. The molecule has 220 valence electrons. The van der Waals surface area contributed by atoms with Gasteiger partial charge in [-0.05, 0) is 31.4 Å². The Morgan fingerprint density at radius 3 is 2.05 bits per heavy atom. The van der Waals surface area contributed by atoms with E-state index in [1.807, 2.05) is 6.07 Å². The number of nitrogens with one attached hydrogen (secondary N) is 2. The summed E-state index contributed by atoms with van der Waals surface area (Å²) in [7, 11) is 1.10. The summed E-state index contributed by atoms with van der Waals surface area (Å²) in [4.78, 5) is 51.3. The fourth-order valence-electron chi connectivity index (χ4n) is 3.92. The lowest BCUT2D eigenvalue weighted by molar-refractivity contribution is -0.142. The number of carbonyl (C=O) groups is 4. The zero-order valence-corrected chi connectivity index (χ0v) is 22.7. The van der Waals surface area contributed by atoms with E-state index < -0.39 is 65.7 Å². The summed E-state index contributed by atoms with van der Waals surface area (Å²) in [6.45, 7) is 6.69. The molecule has 3 rings (SSSR count). The third-order valence-electron chi connectivity index (χ3n) is 6.16. The zero-order valence-electron chi connectivity index (χ0n) is 22.7. The molecular formula is C26H32F5N5O4. The third kappa shape index (κ3) is 6.34. The monoisotopic (exact) mass is 573 g/mol. The van der Waals surface area contributed by atoms with Crippen molar-refractivity contribution in [2.45, 2.75) is 63.7 Å². The lowest BCUT2D eigenvalue weighted by atomic mass is 10.1. The highest BCUT2D eigenvalue weighted by Gasteiger charge is 3.02. The van der Waals surface area contributed by atoms with Gasteiger partial charge in [0.25, 0.3) is 5.91 Å². The van der Waals surface area contributed by atoms with Gasteiger partial charge >= 0.3 is 17.5 Å². The Kier molecular flexibility index (Phi) is 9.88. The van der Waals surface area contributed by atoms with Gasteiger partial charge in [0.1, 0.15) is 12.1 Å². The van der Waals surface area contributed by atoms with E-state index in [1.165, 1.54) is 5.32 Å². The minimum atomic E-state index is -5.21. The predicted octanol–water partition coefficient (Wildman–Crippen LogP) is 2.98. The molecule has 9 nitrogen and oxygen atoms in total. The maximum Gasteiger partial charge on any atom is 0.362 e. The molecule has 0 spiro atoms. The predicted molar refractivity (Wildman–Crippen MR) is 134 cm³/mol. The van der Waals surface area contributed by atoms with Crippen molar-refractivity contribution >= 4 is 29.3 Å². The Hall–Kier alpha value is -3.76. The molecule has 40 heavy (non-hydrogen) atoms. The van der Waals surface area contributed by atoms with Crippen LogP contribution in [0.3, 0.4) is 0 Å². The number of nitriles is 1. The van der Waals surface area contributed by atoms with Crippen LogP contribution in [0.25, 0.3) is 0 Å². The molecule has 1 heterocycles. The summed E-state index contributed by atoms with van der Waals surface area (Å²) in [6.07, 6.45) is 0.0477. The van der Waals surface area contributed by atoms with E-state index in [2.05, 4.69) is 26.1 Å². The molecule has 0 bridgehead atoms. The van der Waals surface area contributed by atoms with Gasteiger partial charge in [-0.25, -0.2) is 4.39 Å². The first-order valence-electron chi connectivity index (χ1n) is 12.5. The average Bonchev–Trinajstić information content (AvgIpc) is 3.18. The number of benzene rings is 1. The molecule has 1 aromatic carbocycles. The van der Waals surface area contributed by atoms with E-state index in [0.717, 1.165) is 29.7 Å². The van der Waals surface area contributed by atoms with E-state index in [0.29, 0.717) is 5.69 Å². The van der Waals surface area contributed by atoms with Crippen LogP contribution in [0.1, 0.15) is 34.1 Å². The Morgan fingerprint density at radius 2 is 1.57 bits per heavy atom. The Morgan fingerprint density at radius 1 is 1.05 bits per heavy atom. The molecule has 14 heteroatoms. The standard InChI is InChI=1S/C22H22F5N5O4.C4H10/c1-12(29-19(36)20(23)21(24,25)22(20,26)27)18(35)31(2)11-16(33)32-10-13(8-15(32)9-28)17(34)30-14-6-4-3-5-7-14;1-4(2)3/h3-7,12-13,15H,8,10-11H2,1-2H3,(H,29,36)(H,30,34);4H,1-3H3. The first-order chi connectivity index (χ1) is 18.4. The molecule has 1 aliphatic heterocycles. The van der Waals surface area contributed by atoms with Gasteiger partial charge in [0.15, 0.2) is 0 Å². The molecular weight excluding hydrogens is 541 g/mol. The number of rotatable bonds is 7. The van der Waals surface area contributed by atoms with E-state index in [1.54, 1.807) is 30.3 Å². The molecule has 0 radical (unpaired) electrons. The van der Waals surface area contributed by atoms with Crippen molar-refractivity contribution < 1.29 is 41.1 Å². The van der Waals surface area contributed by atoms with Crippen LogP contribution >= 0.6 is 0 Å². The number of alkyl halides is 5. The van der Waals surface area contributed by atoms with Crippen molar-refractivity contribution in [2.24, 2.45) is 11.8 Å². The highest BCUT2D eigenvalue weighted by atomic mass is 19.3. The van der Waals surface area contributed by atoms with E-state index in [-0.39, 0.29) is 13.0 Å². The lowest BCUT2D eigenvalue weighted by Gasteiger charge is -2.26. The number of nitrogens with zero attached hydrogens (tertiary/aromatic N) is 3. The van der Waals surface area contributed by atoms with Crippen LogP contribution in [0, 0.1) is 23.2 Å². The van der Waals surface area contributed by atoms with Gasteiger partial charge in [-0.15, -0.1) is 0 Å². The fourth-order valence-corrected chi connectivity index (χ4v) is 3.92. The second kappa shape index (κ2) is 12.2. The SMILES string of the molecule is CC(C)C.CC(NC(=O)C1(F)C(F)(F)C1(F)F)C(=O)N(C)CC(=O)N1CC(C(=O)Nc2ccccc2)CC1C#N. The Balaban J connectivity index is 0.00000131. The summed E-state index contributed by atoms with van der Waals surface area (Å²) in [5.41, 5.74) is -4.24.